The summed E-state index contributed by atoms with van der Waals surface area (Å²) in [5.74, 6) is 0.780. The smallest absolute Gasteiger partial charge is 0.224 e. The van der Waals surface area contributed by atoms with Gasteiger partial charge in [0.05, 0.1) is 40.8 Å². The third-order valence-corrected chi connectivity index (χ3v) is 5.90. The second kappa shape index (κ2) is 8.94. The van der Waals surface area contributed by atoms with Crippen molar-refractivity contribution in [3.8, 4) is 28.5 Å². The highest BCUT2D eigenvalue weighted by Gasteiger charge is 2.18. The van der Waals surface area contributed by atoms with Crippen LogP contribution in [-0.4, -0.2) is 50.6 Å². The number of H-pyrrole nitrogens is 2. The first-order valence-corrected chi connectivity index (χ1v) is 11.9. The second-order valence-electron chi connectivity index (χ2n) is 9.31. The van der Waals surface area contributed by atoms with E-state index in [9.17, 15) is 4.79 Å². The third kappa shape index (κ3) is 4.31. The maximum absolute atomic E-state index is 12.2. The van der Waals surface area contributed by atoms with Gasteiger partial charge in [-0.15, -0.1) is 0 Å². The molecule has 6 aromatic rings. The molecular formula is C26H24N10O. The molecule has 6 aromatic heterocycles. The van der Waals surface area contributed by atoms with Crippen LogP contribution in [0.15, 0.2) is 55.4 Å². The van der Waals surface area contributed by atoms with Crippen LogP contribution in [-0.2, 0) is 4.79 Å². The molecule has 6 rings (SSSR count). The van der Waals surface area contributed by atoms with Gasteiger partial charge in [-0.25, -0.2) is 19.9 Å². The zero-order valence-corrected chi connectivity index (χ0v) is 20.5. The Balaban J connectivity index is 1.38. The number of hydrogen-bond acceptors (Lipinski definition) is 7. The van der Waals surface area contributed by atoms with E-state index in [1.165, 1.54) is 0 Å². The molecule has 0 aliphatic heterocycles. The lowest BCUT2D eigenvalue weighted by molar-refractivity contribution is -0.116. The second-order valence-corrected chi connectivity index (χ2v) is 9.31. The maximum Gasteiger partial charge on any atom is 0.224 e. The Kier molecular flexibility index (Phi) is 5.44. The lowest BCUT2D eigenvalue weighted by Crippen LogP contribution is -2.14. The SMILES string of the molecule is Cc1cn(-c2ccnc3[nH]c(-c4n[nH]c5ccc(-c6cncc(NC(=O)CC(C)C)c6)nc45)nc23)cn1. The normalized spacial score (nSPS) is 11.6. The van der Waals surface area contributed by atoms with Crippen molar-refractivity contribution in [1.29, 1.82) is 0 Å². The van der Waals surface area contributed by atoms with E-state index in [0.717, 1.165) is 22.5 Å². The van der Waals surface area contributed by atoms with Crippen LogP contribution in [0.5, 0.6) is 0 Å². The van der Waals surface area contributed by atoms with Crippen molar-refractivity contribution in [1.82, 2.24) is 44.7 Å². The Hall–Kier alpha value is -4.93. The Morgan fingerprint density at radius 2 is 2.00 bits per heavy atom. The van der Waals surface area contributed by atoms with Gasteiger partial charge < -0.3 is 14.9 Å². The van der Waals surface area contributed by atoms with Crippen LogP contribution in [0.4, 0.5) is 5.69 Å². The Morgan fingerprint density at radius 1 is 1.11 bits per heavy atom. The molecule has 0 aliphatic carbocycles. The molecule has 0 saturated heterocycles. The van der Waals surface area contributed by atoms with Gasteiger partial charge >= 0.3 is 0 Å². The minimum absolute atomic E-state index is 0.0433. The van der Waals surface area contributed by atoms with E-state index in [0.29, 0.717) is 46.0 Å². The topological polar surface area (TPSA) is 143 Å². The zero-order chi connectivity index (χ0) is 25.5. The summed E-state index contributed by atoms with van der Waals surface area (Å²) in [5.41, 5.74) is 7.24. The van der Waals surface area contributed by atoms with Crippen LogP contribution < -0.4 is 5.32 Å². The van der Waals surface area contributed by atoms with Crippen molar-refractivity contribution in [2.75, 3.05) is 5.32 Å². The Labute approximate surface area is 211 Å². The summed E-state index contributed by atoms with van der Waals surface area (Å²) in [5, 5.41) is 10.4. The molecule has 37 heavy (non-hydrogen) atoms. The van der Waals surface area contributed by atoms with Gasteiger partial charge in [-0.1, -0.05) is 13.8 Å². The Morgan fingerprint density at radius 3 is 2.81 bits per heavy atom. The summed E-state index contributed by atoms with van der Waals surface area (Å²) in [6.07, 6.45) is 9.22. The van der Waals surface area contributed by atoms with Crippen LogP contribution in [0.2, 0.25) is 0 Å². The molecule has 184 valence electrons. The number of aryl methyl sites for hydroxylation is 1. The molecule has 0 spiro atoms. The molecule has 1 amide bonds. The molecule has 3 N–H and O–H groups in total. The molecule has 0 fully saturated rings. The van der Waals surface area contributed by atoms with E-state index in [1.54, 1.807) is 24.9 Å². The van der Waals surface area contributed by atoms with Gasteiger partial charge in [-0.05, 0) is 37.1 Å². The van der Waals surface area contributed by atoms with Crippen LogP contribution in [0.1, 0.15) is 26.0 Å². The summed E-state index contributed by atoms with van der Waals surface area (Å²) < 4.78 is 1.92. The molecule has 0 saturated carbocycles. The first-order valence-electron chi connectivity index (χ1n) is 11.9. The number of aromatic nitrogens is 9. The average Bonchev–Trinajstić information content (AvgIpc) is 3.60. The van der Waals surface area contributed by atoms with E-state index in [1.807, 2.05) is 55.8 Å². The maximum atomic E-state index is 12.2. The number of pyridine rings is 3. The summed E-state index contributed by atoms with van der Waals surface area (Å²) in [4.78, 5) is 38.2. The van der Waals surface area contributed by atoms with Crippen LogP contribution in [0.25, 0.3) is 50.7 Å². The van der Waals surface area contributed by atoms with Crippen molar-refractivity contribution >= 4 is 33.8 Å². The van der Waals surface area contributed by atoms with Crippen molar-refractivity contribution in [3.05, 3.63) is 61.1 Å². The van der Waals surface area contributed by atoms with Gasteiger partial charge in [0.1, 0.15) is 11.0 Å². The lowest BCUT2D eigenvalue weighted by atomic mass is 10.1. The molecule has 0 bridgehead atoms. The highest BCUT2D eigenvalue weighted by Crippen LogP contribution is 2.29. The number of rotatable bonds is 6. The predicted molar refractivity (Wildman–Crippen MR) is 140 cm³/mol. The lowest BCUT2D eigenvalue weighted by Gasteiger charge is -2.08. The average molecular weight is 493 g/mol. The van der Waals surface area contributed by atoms with E-state index in [-0.39, 0.29) is 11.8 Å². The van der Waals surface area contributed by atoms with Crippen molar-refractivity contribution in [2.45, 2.75) is 27.2 Å². The van der Waals surface area contributed by atoms with E-state index in [4.69, 9.17) is 9.97 Å². The van der Waals surface area contributed by atoms with E-state index >= 15 is 0 Å². The summed E-state index contributed by atoms with van der Waals surface area (Å²) in [6, 6.07) is 7.57. The predicted octanol–water partition coefficient (Wildman–Crippen LogP) is 4.44. The van der Waals surface area contributed by atoms with Gasteiger partial charge in [-0.3, -0.25) is 14.9 Å². The fraction of sp³-hybridized carbons (Fsp3) is 0.192. The fourth-order valence-electron chi connectivity index (χ4n) is 4.23. The molecule has 11 heteroatoms. The van der Waals surface area contributed by atoms with E-state index in [2.05, 4.69) is 35.5 Å². The zero-order valence-electron chi connectivity index (χ0n) is 20.5. The van der Waals surface area contributed by atoms with Crippen molar-refractivity contribution in [3.63, 3.8) is 0 Å². The molecule has 0 atom stereocenters. The Bertz CT molecular complexity index is 1760. The highest BCUT2D eigenvalue weighted by molar-refractivity contribution is 5.93. The van der Waals surface area contributed by atoms with Crippen LogP contribution >= 0.6 is 0 Å². The number of carbonyl (C=O) groups is 1. The molecule has 0 radical (unpaired) electrons. The number of amides is 1. The molecule has 0 aromatic carbocycles. The van der Waals surface area contributed by atoms with Crippen molar-refractivity contribution < 1.29 is 4.79 Å². The fourth-order valence-corrected chi connectivity index (χ4v) is 4.23. The monoisotopic (exact) mass is 492 g/mol. The number of imidazole rings is 2. The van der Waals surface area contributed by atoms with Gasteiger partial charge in [0.15, 0.2) is 17.2 Å². The molecule has 11 nitrogen and oxygen atoms in total. The number of nitrogens with zero attached hydrogens (tertiary/aromatic N) is 7. The van der Waals surface area contributed by atoms with Gasteiger partial charge in [0.25, 0.3) is 0 Å². The molecule has 0 aliphatic rings. The summed E-state index contributed by atoms with van der Waals surface area (Å²) in [6.45, 7) is 5.95. The first-order chi connectivity index (χ1) is 17.9. The van der Waals surface area contributed by atoms with Gasteiger partial charge in [-0.2, -0.15) is 5.10 Å². The van der Waals surface area contributed by atoms with Gasteiger partial charge in [0.2, 0.25) is 5.91 Å². The number of carbonyl (C=O) groups excluding carboxylic acids is 1. The standard InChI is InChI=1S/C26H24N10O/c1-14(2)8-21(37)30-17-9-16(10-27-11-17)18-4-5-19-22(31-18)24(35-34-19)26-32-23-20(6-7-28-25(23)33-26)36-12-15(3)29-13-36/h4-7,9-14H,8H2,1-3H3,(H,30,37)(H,34,35)(H,28,32,33). The summed E-state index contributed by atoms with van der Waals surface area (Å²) >= 11 is 0. The minimum Gasteiger partial charge on any atom is -0.325 e. The third-order valence-electron chi connectivity index (χ3n) is 5.90. The quantitative estimate of drug-likeness (QED) is 0.312. The number of nitrogens with one attached hydrogen (secondary N) is 3. The first kappa shape index (κ1) is 22.5. The largest absolute Gasteiger partial charge is 0.325 e. The molecule has 0 unspecified atom stereocenters. The van der Waals surface area contributed by atoms with Gasteiger partial charge in [0, 0.05) is 30.6 Å². The molecular weight excluding hydrogens is 468 g/mol. The molecule has 6 heterocycles. The van der Waals surface area contributed by atoms with E-state index < -0.39 is 0 Å². The minimum atomic E-state index is -0.0433. The number of hydrogen-bond donors (Lipinski definition) is 3. The number of anilines is 1. The van der Waals surface area contributed by atoms with Crippen LogP contribution in [0, 0.1) is 12.8 Å². The van der Waals surface area contributed by atoms with Crippen molar-refractivity contribution in [2.24, 2.45) is 5.92 Å². The number of fused-ring (bicyclic) bond motifs is 2. The summed E-state index contributed by atoms with van der Waals surface area (Å²) in [7, 11) is 0. The number of aromatic amines is 2. The van der Waals surface area contributed by atoms with Crippen LogP contribution in [0.3, 0.4) is 0 Å². The highest BCUT2D eigenvalue weighted by atomic mass is 16.1.